The molecule has 2 aromatic rings. The Kier molecular flexibility index (Phi) is 4.36. The first-order chi connectivity index (χ1) is 10.2. The lowest BCUT2D eigenvalue weighted by molar-refractivity contribution is -0.129. The van der Waals surface area contributed by atoms with Gasteiger partial charge >= 0.3 is 0 Å². The molecule has 0 spiro atoms. The number of halogens is 1. The zero-order chi connectivity index (χ0) is 14.7. The number of hydrogen-bond donors (Lipinski definition) is 1. The summed E-state index contributed by atoms with van der Waals surface area (Å²) in [5.74, 6) is 0.847. The van der Waals surface area contributed by atoms with E-state index in [4.69, 9.17) is 11.6 Å². The standard InChI is InChI=1S/C14H15ClN4OS/c15-10-3-4-12(16-8-10)18-14-17-11(9-21-14)7-13(20)19-5-1-2-6-19/h3-4,8-9H,1-2,5-7H2,(H,16,17,18). The average molecular weight is 323 g/mol. The van der Waals surface area contributed by atoms with E-state index in [1.54, 1.807) is 18.3 Å². The van der Waals surface area contributed by atoms with Crippen LogP contribution < -0.4 is 5.32 Å². The molecule has 21 heavy (non-hydrogen) atoms. The number of carbonyl (C=O) groups is 1. The Morgan fingerprint density at radius 3 is 2.90 bits per heavy atom. The molecule has 7 heteroatoms. The van der Waals surface area contributed by atoms with Gasteiger partial charge in [-0.15, -0.1) is 11.3 Å². The van der Waals surface area contributed by atoms with Crippen LogP contribution in [0.2, 0.25) is 5.02 Å². The molecule has 1 aliphatic heterocycles. The van der Waals surface area contributed by atoms with Crippen molar-refractivity contribution in [2.45, 2.75) is 19.3 Å². The van der Waals surface area contributed by atoms with Crippen LogP contribution in [0.25, 0.3) is 0 Å². The predicted molar refractivity (Wildman–Crippen MR) is 84.2 cm³/mol. The van der Waals surface area contributed by atoms with Crippen molar-refractivity contribution in [2.24, 2.45) is 0 Å². The summed E-state index contributed by atoms with van der Waals surface area (Å²) in [5, 5.41) is 6.34. The molecule has 110 valence electrons. The van der Waals surface area contributed by atoms with Gasteiger partial charge in [0.2, 0.25) is 5.91 Å². The number of likely N-dealkylation sites (tertiary alicyclic amines) is 1. The fourth-order valence-corrected chi connectivity index (χ4v) is 3.07. The SMILES string of the molecule is O=C(Cc1csc(Nc2ccc(Cl)cn2)n1)N1CCCC1. The van der Waals surface area contributed by atoms with Crippen molar-refractivity contribution in [3.05, 3.63) is 34.4 Å². The van der Waals surface area contributed by atoms with Crippen LogP contribution in [-0.2, 0) is 11.2 Å². The van der Waals surface area contributed by atoms with Gasteiger partial charge in [-0.1, -0.05) is 11.6 Å². The monoisotopic (exact) mass is 322 g/mol. The van der Waals surface area contributed by atoms with Crippen LogP contribution in [0.15, 0.2) is 23.7 Å². The summed E-state index contributed by atoms with van der Waals surface area (Å²) >= 11 is 7.26. The van der Waals surface area contributed by atoms with Crippen molar-refractivity contribution >= 4 is 39.8 Å². The maximum atomic E-state index is 12.1. The molecule has 2 aromatic heterocycles. The molecule has 1 N–H and O–H groups in total. The van der Waals surface area contributed by atoms with Gasteiger partial charge in [-0.2, -0.15) is 0 Å². The highest BCUT2D eigenvalue weighted by atomic mass is 35.5. The quantitative estimate of drug-likeness (QED) is 0.939. The second-order valence-electron chi connectivity index (χ2n) is 4.90. The van der Waals surface area contributed by atoms with E-state index in [9.17, 15) is 4.79 Å². The van der Waals surface area contributed by atoms with Crippen LogP contribution in [0, 0.1) is 0 Å². The number of anilines is 2. The van der Waals surface area contributed by atoms with Gasteiger partial charge < -0.3 is 10.2 Å². The van der Waals surface area contributed by atoms with E-state index in [2.05, 4.69) is 15.3 Å². The van der Waals surface area contributed by atoms with E-state index in [0.717, 1.165) is 36.8 Å². The highest BCUT2D eigenvalue weighted by Gasteiger charge is 2.19. The fraction of sp³-hybridized carbons (Fsp3) is 0.357. The summed E-state index contributed by atoms with van der Waals surface area (Å²) in [7, 11) is 0. The molecule has 1 fully saturated rings. The number of rotatable bonds is 4. The maximum Gasteiger partial charge on any atom is 0.228 e. The zero-order valence-corrected chi connectivity index (χ0v) is 13.0. The highest BCUT2D eigenvalue weighted by molar-refractivity contribution is 7.13. The van der Waals surface area contributed by atoms with E-state index in [0.29, 0.717) is 17.3 Å². The molecule has 3 heterocycles. The van der Waals surface area contributed by atoms with Gasteiger partial charge in [-0.25, -0.2) is 9.97 Å². The Labute approximate surface area is 132 Å². The minimum Gasteiger partial charge on any atom is -0.342 e. The summed E-state index contributed by atoms with van der Waals surface area (Å²) < 4.78 is 0. The first-order valence-corrected chi connectivity index (χ1v) is 8.07. The lowest BCUT2D eigenvalue weighted by atomic mass is 10.3. The zero-order valence-electron chi connectivity index (χ0n) is 11.4. The van der Waals surface area contributed by atoms with Gasteiger partial charge in [0.15, 0.2) is 5.13 Å². The van der Waals surface area contributed by atoms with Crippen molar-refractivity contribution in [1.29, 1.82) is 0 Å². The van der Waals surface area contributed by atoms with Gasteiger partial charge in [0.05, 0.1) is 17.1 Å². The Morgan fingerprint density at radius 2 is 2.19 bits per heavy atom. The van der Waals surface area contributed by atoms with E-state index in [1.165, 1.54) is 11.3 Å². The first-order valence-electron chi connectivity index (χ1n) is 6.81. The highest BCUT2D eigenvalue weighted by Crippen LogP contribution is 2.21. The minimum absolute atomic E-state index is 0.161. The van der Waals surface area contributed by atoms with Crippen LogP contribution in [0.5, 0.6) is 0 Å². The maximum absolute atomic E-state index is 12.1. The van der Waals surface area contributed by atoms with Crippen LogP contribution in [0.3, 0.4) is 0 Å². The molecule has 0 radical (unpaired) electrons. The molecule has 0 unspecified atom stereocenters. The lowest BCUT2D eigenvalue weighted by Crippen LogP contribution is -2.29. The fourth-order valence-electron chi connectivity index (χ4n) is 2.24. The van der Waals surface area contributed by atoms with Crippen LogP contribution in [-0.4, -0.2) is 33.9 Å². The number of carbonyl (C=O) groups excluding carboxylic acids is 1. The second-order valence-corrected chi connectivity index (χ2v) is 6.19. The number of aromatic nitrogens is 2. The van der Waals surface area contributed by atoms with Gasteiger partial charge in [0.1, 0.15) is 5.82 Å². The molecule has 1 amide bonds. The normalized spacial score (nSPS) is 14.4. The van der Waals surface area contributed by atoms with E-state index in [1.807, 2.05) is 10.3 Å². The van der Waals surface area contributed by atoms with Crippen molar-refractivity contribution in [1.82, 2.24) is 14.9 Å². The largest absolute Gasteiger partial charge is 0.342 e. The van der Waals surface area contributed by atoms with Crippen LogP contribution in [0.1, 0.15) is 18.5 Å². The number of pyridine rings is 1. The molecule has 5 nitrogen and oxygen atoms in total. The minimum atomic E-state index is 0.161. The van der Waals surface area contributed by atoms with Gasteiger partial charge in [0.25, 0.3) is 0 Å². The van der Waals surface area contributed by atoms with Crippen molar-refractivity contribution in [3.8, 4) is 0 Å². The van der Waals surface area contributed by atoms with Gasteiger partial charge in [-0.05, 0) is 25.0 Å². The molecule has 3 rings (SSSR count). The number of nitrogens with zero attached hydrogens (tertiary/aromatic N) is 3. The lowest BCUT2D eigenvalue weighted by Gasteiger charge is -2.13. The second kappa shape index (κ2) is 6.41. The summed E-state index contributed by atoms with van der Waals surface area (Å²) in [6, 6.07) is 3.56. The van der Waals surface area contributed by atoms with Crippen molar-refractivity contribution in [2.75, 3.05) is 18.4 Å². The molecule has 0 bridgehead atoms. The average Bonchev–Trinajstić information content (AvgIpc) is 3.13. The molecule has 0 atom stereocenters. The predicted octanol–water partition coefficient (Wildman–Crippen LogP) is 3.10. The number of amides is 1. The first kappa shape index (κ1) is 14.3. The number of hydrogen-bond acceptors (Lipinski definition) is 5. The third kappa shape index (κ3) is 3.71. The Balaban J connectivity index is 1.60. The molecule has 1 saturated heterocycles. The summed E-state index contributed by atoms with van der Waals surface area (Å²) in [6.07, 6.45) is 4.16. The topological polar surface area (TPSA) is 58.1 Å². The Bertz CT molecular complexity index is 622. The van der Waals surface area contributed by atoms with E-state index < -0.39 is 0 Å². The summed E-state index contributed by atoms with van der Waals surface area (Å²) in [5.41, 5.74) is 0.799. The summed E-state index contributed by atoms with van der Waals surface area (Å²) in [6.45, 7) is 1.76. The molecular formula is C14H15ClN4OS. The van der Waals surface area contributed by atoms with Crippen molar-refractivity contribution in [3.63, 3.8) is 0 Å². The number of nitrogens with one attached hydrogen (secondary N) is 1. The van der Waals surface area contributed by atoms with Crippen molar-refractivity contribution < 1.29 is 4.79 Å². The molecule has 0 aromatic carbocycles. The van der Waals surface area contributed by atoms with E-state index in [-0.39, 0.29) is 5.91 Å². The van der Waals surface area contributed by atoms with Crippen LogP contribution >= 0.6 is 22.9 Å². The van der Waals surface area contributed by atoms with Crippen LogP contribution in [0.4, 0.5) is 10.9 Å². The molecular weight excluding hydrogens is 308 g/mol. The van der Waals surface area contributed by atoms with Gasteiger partial charge in [-0.3, -0.25) is 4.79 Å². The summed E-state index contributed by atoms with van der Waals surface area (Å²) in [4.78, 5) is 22.6. The Morgan fingerprint density at radius 1 is 1.38 bits per heavy atom. The molecule has 0 saturated carbocycles. The Hall–Kier alpha value is -1.66. The smallest absolute Gasteiger partial charge is 0.228 e. The van der Waals surface area contributed by atoms with Gasteiger partial charge in [0, 0.05) is 24.7 Å². The molecule has 0 aliphatic carbocycles. The van der Waals surface area contributed by atoms with E-state index >= 15 is 0 Å². The molecule has 1 aliphatic rings. The third-order valence-corrected chi connectivity index (χ3v) is 4.34. The number of thiazole rings is 1. The third-order valence-electron chi connectivity index (χ3n) is 3.31.